The topological polar surface area (TPSA) is 104 Å². The van der Waals surface area contributed by atoms with Crippen molar-refractivity contribution in [2.75, 3.05) is 18.7 Å². The van der Waals surface area contributed by atoms with E-state index in [-0.39, 0.29) is 23.5 Å². The Hall–Kier alpha value is -2.65. The van der Waals surface area contributed by atoms with Crippen LogP contribution in [0.15, 0.2) is 42.6 Å². The first-order valence-electron chi connectivity index (χ1n) is 8.85. The molecule has 2 amide bonds. The molecule has 3 N–H and O–H groups in total. The first kappa shape index (κ1) is 24.4. The summed E-state index contributed by atoms with van der Waals surface area (Å²) in [7, 11) is 1.51. The Labute approximate surface area is 175 Å². The molecule has 1 aromatic carbocycles. The van der Waals surface area contributed by atoms with Gasteiger partial charge in [-0.15, -0.1) is 0 Å². The lowest BCUT2D eigenvalue weighted by Crippen LogP contribution is -2.28. The molecular weight excluding hydrogens is 397 g/mol. The zero-order chi connectivity index (χ0) is 21.8. The first-order valence-corrected chi connectivity index (χ1v) is 9.75. The van der Waals surface area contributed by atoms with Gasteiger partial charge in [0.05, 0.1) is 13.2 Å². The van der Waals surface area contributed by atoms with Crippen molar-refractivity contribution in [3.63, 3.8) is 0 Å². The van der Waals surface area contributed by atoms with E-state index in [1.807, 2.05) is 6.92 Å². The number of hydrogen-bond donors (Lipinski definition) is 3. The molecule has 0 saturated carbocycles. The summed E-state index contributed by atoms with van der Waals surface area (Å²) < 4.78 is 22.5. The maximum atomic E-state index is 12.3. The average molecular weight is 424 g/mol. The van der Waals surface area contributed by atoms with Crippen molar-refractivity contribution >= 4 is 30.1 Å². The van der Waals surface area contributed by atoms with Crippen molar-refractivity contribution < 1.29 is 23.5 Å². The van der Waals surface area contributed by atoms with Gasteiger partial charge in [0.15, 0.2) is 0 Å². The number of pyridine rings is 1. The minimum Gasteiger partial charge on any atom is -0.497 e. The Morgan fingerprint density at radius 3 is 2.52 bits per heavy atom. The third-order valence-corrected chi connectivity index (χ3v) is 3.84. The molecule has 0 aliphatic carbocycles. The van der Waals surface area contributed by atoms with E-state index >= 15 is 0 Å². The number of rotatable bonds is 4. The fourth-order valence-corrected chi connectivity index (χ4v) is 2.46. The van der Waals surface area contributed by atoms with E-state index in [0.717, 1.165) is 6.42 Å². The molecule has 1 aliphatic rings. The summed E-state index contributed by atoms with van der Waals surface area (Å²) in [5.41, 5.74) is 5.73. The second-order valence-corrected chi connectivity index (χ2v) is 5.96. The van der Waals surface area contributed by atoms with E-state index in [2.05, 4.69) is 22.9 Å². The predicted molar refractivity (Wildman–Crippen MR) is 113 cm³/mol. The van der Waals surface area contributed by atoms with Crippen molar-refractivity contribution in [1.82, 2.24) is 4.98 Å². The van der Waals surface area contributed by atoms with Crippen LogP contribution in [-0.2, 0) is 9.53 Å². The highest BCUT2D eigenvalue weighted by molar-refractivity contribution is 7.79. The van der Waals surface area contributed by atoms with Gasteiger partial charge in [-0.1, -0.05) is 6.07 Å². The lowest BCUT2D eigenvalue weighted by atomic mass is 10.2. The molecule has 29 heavy (non-hydrogen) atoms. The van der Waals surface area contributed by atoms with Crippen molar-refractivity contribution in [2.45, 2.75) is 32.0 Å². The molecule has 0 spiro atoms. The number of primary amides is 1. The first-order chi connectivity index (χ1) is 13.9. The highest BCUT2D eigenvalue weighted by Gasteiger charge is 2.28. The summed E-state index contributed by atoms with van der Waals surface area (Å²) in [5, 5.41) is 2.69. The average Bonchev–Trinajstić information content (AvgIpc) is 3.17. The number of methoxy groups -OCH3 is 1. The maximum Gasteiger partial charge on any atom is 0.267 e. The van der Waals surface area contributed by atoms with Gasteiger partial charge >= 0.3 is 0 Å². The highest BCUT2D eigenvalue weighted by Crippen LogP contribution is 2.20. The van der Waals surface area contributed by atoms with Crippen molar-refractivity contribution in [3.8, 4) is 5.75 Å². The molecule has 3 rings (SSSR count). The number of thiol groups is 1. The van der Waals surface area contributed by atoms with E-state index in [1.54, 1.807) is 24.5 Å². The zero-order valence-electron chi connectivity index (χ0n) is 16.6. The lowest BCUT2D eigenvalue weighted by Gasteiger charge is -2.11. The summed E-state index contributed by atoms with van der Waals surface area (Å²) in [6.45, 7) is 1.94. The number of benzene rings is 1. The summed E-state index contributed by atoms with van der Waals surface area (Å²) in [6, 6.07) is 9.06. The second kappa shape index (κ2) is 12.7. The molecule has 1 aromatic heterocycles. The number of nitrogens with one attached hydrogen (secondary N) is 1. The normalized spacial score (nSPS) is 17.1. The molecule has 0 bridgehead atoms. The fourth-order valence-electron chi connectivity index (χ4n) is 2.46. The molecule has 2 atom stereocenters. The quantitative estimate of drug-likeness (QED) is 0.656. The molecule has 9 heteroatoms. The Bertz CT molecular complexity index is 807. The second-order valence-electron chi connectivity index (χ2n) is 5.96. The van der Waals surface area contributed by atoms with Crippen LogP contribution >= 0.6 is 12.6 Å². The minimum absolute atomic E-state index is 0.111. The summed E-state index contributed by atoms with van der Waals surface area (Å²) in [5.74, 6) is -0.554. The van der Waals surface area contributed by atoms with Crippen LogP contribution in [0.1, 0.15) is 30.3 Å². The predicted octanol–water partition coefficient (Wildman–Crippen LogP) is 3.07. The number of nitrogens with two attached hydrogens (primary N) is 1. The number of carbonyl (C=O) groups excluding carboxylic acids is 2. The van der Waals surface area contributed by atoms with Gasteiger partial charge in [-0.3, -0.25) is 14.6 Å². The van der Waals surface area contributed by atoms with Crippen LogP contribution < -0.4 is 15.8 Å². The van der Waals surface area contributed by atoms with Crippen LogP contribution in [-0.4, -0.2) is 42.4 Å². The Balaban J connectivity index is 0.000000321. The number of amides is 2. The van der Waals surface area contributed by atoms with Gasteiger partial charge in [-0.2, -0.15) is 12.6 Å². The zero-order valence-corrected chi connectivity index (χ0v) is 17.5. The van der Waals surface area contributed by atoms with Crippen molar-refractivity contribution in [1.29, 1.82) is 0 Å². The van der Waals surface area contributed by atoms with Crippen LogP contribution in [0.3, 0.4) is 0 Å². The van der Waals surface area contributed by atoms with Crippen LogP contribution in [0.2, 0.25) is 0 Å². The molecule has 1 fully saturated rings. The number of aromatic nitrogens is 1. The molecule has 0 radical (unpaired) electrons. The van der Waals surface area contributed by atoms with E-state index < -0.39 is 12.0 Å². The Morgan fingerprint density at radius 2 is 2.00 bits per heavy atom. The Morgan fingerprint density at radius 1 is 1.28 bits per heavy atom. The van der Waals surface area contributed by atoms with Crippen LogP contribution in [0.4, 0.5) is 10.1 Å². The van der Waals surface area contributed by atoms with Crippen LogP contribution in [0, 0.1) is 5.82 Å². The van der Waals surface area contributed by atoms with E-state index in [9.17, 15) is 14.0 Å². The van der Waals surface area contributed by atoms with E-state index in [0.29, 0.717) is 17.9 Å². The van der Waals surface area contributed by atoms with E-state index in [1.165, 1.54) is 31.5 Å². The molecule has 2 unspecified atom stereocenters. The van der Waals surface area contributed by atoms with Gasteiger partial charge in [0.1, 0.15) is 23.4 Å². The van der Waals surface area contributed by atoms with E-state index in [4.69, 9.17) is 15.2 Å². The summed E-state index contributed by atoms with van der Waals surface area (Å²) in [6.07, 6.45) is 4.39. The van der Waals surface area contributed by atoms with Crippen molar-refractivity contribution in [3.05, 3.63) is 54.1 Å². The summed E-state index contributed by atoms with van der Waals surface area (Å²) >= 11 is 3.53. The molecule has 7 nitrogen and oxygen atoms in total. The largest absolute Gasteiger partial charge is 0.497 e. The Kier molecular flexibility index (Phi) is 10.7. The third kappa shape index (κ3) is 8.49. The SMILES string of the molecule is CC1CCC(C(=O)Nc2ccnc(C(N)=O)c2)O1.COc1cccc(F)c1.CS. The third-order valence-electron chi connectivity index (χ3n) is 3.84. The molecule has 2 heterocycles. The van der Waals surface area contributed by atoms with Gasteiger partial charge in [-0.05, 0) is 50.3 Å². The highest BCUT2D eigenvalue weighted by atomic mass is 32.1. The van der Waals surface area contributed by atoms with Gasteiger partial charge in [0, 0.05) is 18.0 Å². The van der Waals surface area contributed by atoms with Gasteiger partial charge in [0.25, 0.3) is 11.8 Å². The number of nitrogens with zero attached hydrogens (tertiary/aromatic N) is 1. The van der Waals surface area contributed by atoms with Gasteiger partial charge in [-0.25, -0.2) is 4.39 Å². The van der Waals surface area contributed by atoms with Crippen LogP contribution in [0.5, 0.6) is 5.75 Å². The number of ether oxygens (including phenoxy) is 2. The maximum absolute atomic E-state index is 12.3. The number of halogens is 1. The molecule has 2 aromatic rings. The molecule has 158 valence electrons. The minimum atomic E-state index is -0.628. The van der Waals surface area contributed by atoms with Gasteiger partial charge in [0.2, 0.25) is 0 Å². The number of anilines is 1. The van der Waals surface area contributed by atoms with Crippen molar-refractivity contribution in [2.24, 2.45) is 5.73 Å². The van der Waals surface area contributed by atoms with Gasteiger partial charge < -0.3 is 20.5 Å². The molecule has 1 saturated heterocycles. The smallest absolute Gasteiger partial charge is 0.267 e. The molecule has 1 aliphatic heterocycles. The monoisotopic (exact) mass is 423 g/mol. The summed E-state index contributed by atoms with van der Waals surface area (Å²) in [4.78, 5) is 26.6. The fraction of sp³-hybridized carbons (Fsp3) is 0.350. The molecular formula is C20H26FN3O4S. The lowest BCUT2D eigenvalue weighted by molar-refractivity contribution is -0.126. The number of hydrogen-bond acceptors (Lipinski definition) is 6. The number of carbonyl (C=O) groups is 2. The standard InChI is InChI=1S/C12H15N3O3.C7H7FO.CH4S/c1-7-2-3-10(18-7)12(17)15-8-4-5-14-9(6-8)11(13)16;1-9-7-4-2-3-6(8)5-7;1-2/h4-7,10H,2-3H2,1H3,(H2,13,16)(H,14,15,17);2-5H,1H3;2H,1H3. The van der Waals surface area contributed by atoms with Crippen LogP contribution in [0.25, 0.3) is 0 Å².